The molecular formula is C48H41ClN8O4S4. The summed E-state index contributed by atoms with van der Waals surface area (Å²) in [6.07, 6.45) is 7.09. The Kier molecular flexibility index (Phi) is 13.0. The van der Waals surface area contributed by atoms with Crippen molar-refractivity contribution in [1.82, 2.24) is 19.9 Å². The molecule has 0 saturated heterocycles. The predicted molar refractivity (Wildman–Crippen MR) is 271 cm³/mol. The Balaban J connectivity index is 0.000000147. The van der Waals surface area contributed by atoms with Crippen molar-refractivity contribution in [3.63, 3.8) is 0 Å². The SMILES string of the molecule is CN(C)c1cccc2c(S(=O)(=O)Cl)cccc12.CN(C)c1cccc2c(S(=O)(=O)Nc3cccc(-c4nc5ccncc5s4)c3)cccc12.Nc1cccc(-c2nc3ccncc3s2)c1. The lowest BCUT2D eigenvalue weighted by molar-refractivity contribution is 0.601. The number of fused-ring (bicyclic) bond motifs is 4. The van der Waals surface area contributed by atoms with Crippen molar-refractivity contribution in [3.05, 3.63) is 158 Å². The van der Waals surface area contributed by atoms with E-state index in [1.807, 2.05) is 135 Å². The minimum absolute atomic E-state index is 0.153. The number of anilines is 4. The summed E-state index contributed by atoms with van der Waals surface area (Å²) in [6, 6.07) is 40.5. The molecular weight excluding hydrogens is 916 g/mol. The molecule has 0 saturated carbocycles. The Morgan fingerprint density at radius 1 is 0.554 bits per heavy atom. The first-order valence-corrected chi connectivity index (χ1v) is 25.3. The molecule has 17 heteroatoms. The second-order valence-electron chi connectivity index (χ2n) is 15.0. The molecule has 4 aromatic heterocycles. The zero-order valence-electron chi connectivity index (χ0n) is 35.4. The van der Waals surface area contributed by atoms with E-state index in [-0.39, 0.29) is 9.79 Å². The van der Waals surface area contributed by atoms with Gasteiger partial charge >= 0.3 is 0 Å². The number of thiazole rings is 2. The number of sulfonamides is 1. The monoisotopic (exact) mass is 956 g/mol. The van der Waals surface area contributed by atoms with E-state index in [2.05, 4.69) is 24.7 Å². The van der Waals surface area contributed by atoms with Gasteiger partial charge in [0.15, 0.2) is 0 Å². The first-order valence-electron chi connectivity index (χ1n) is 19.9. The van der Waals surface area contributed by atoms with Gasteiger partial charge in [-0.3, -0.25) is 14.7 Å². The van der Waals surface area contributed by atoms with E-state index in [1.165, 1.54) is 17.4 Å². The van der Waals surface area contributed by atoms with E-state index in [9.17, 15) is 16.8 Å². The summed E-state index contributed by atoms with van der Waals surface area (Å²) in [5.41, 5.74) is 12.7. The summed E-state index contributed by atoms with van der Waals surface area (Å²) >= 11 is 3.15. The summed E-state index contributed by atoms with van der Waals surface area (Å²) in [6.45, 7) is 0. The average molecular weight is 958 g/mol. The molecule has 12 nitrogen and oxygen atoms in total. The van der Waals surface area contributed by atoms with Crippen molar-refractivity contribution >= 4 is 117 Å². The third-order valence-corrected chi connectivity index (χ3v) is 15.0. The van der Waals surface area contributed by atoms with Crippen LogP contribution in [0, 0.1) is 0 Å². The number of nitrogen functional groups attached to an aromatic ring is 1. The van der Waals surface area contributed by atoms with Gasteiger partial charge in [-0.05, 0) is 60.7 Å². The average Bonchev–Trinajstić information content (AvgIpc) is 3.94. The van der Waals surface area contributed by atoms with E-state index in [0.29, 0.717) is 16.5 Å². The molecule has 0 unspecified atom stereocenters. The Labute approximate surface area is 389 Å². The van der Waals surface area contributed by atoms with Gasteiger partial charge in [-0.1, -0.05) is 72.8 Å². The molecule has 10 aromatic rings. The van der Waals surface area contributed by atoms with Gasteiger partial charge in [0.1, 0.15) is 10.0 Å². The number of benzene rings is 6. The van der Waals surface area contributed by atoms with Gasteiger partial charge in [0.2, 0.25) is 0 Å². The zero-order chi connectivity index (χ0) is 45.9. The number of hydrogen-bond donors (Lipinski definition) is 2. The molecule has 65 heavy (non-hydrogen) atoms. The lowest BCUT2D eigenvalue weighted by Gasteiger charge is -2.17. The molecule has 0 atom stereocenters. The van der Waals surface area contributed by atoms with Gasteiger partial charge in [-0.15, -0.1) is 22.7 Å². The van der Waals surface area contributed by atoms with Crippen LogP contribution >= 0.6 is 33.4 Å². The lowest BCUT2D eigenvalue weighted by Crippen LogP contribution is -2.14. The number of hydrogen-bond acceptors (Lipinski definition) is 13. The molecule has 6 aromatic carbocycles. The number of nitrogens with two attached hydrogens (primary N) is 1. The standard InChI is InChI=1S/C24H20N4O2S2.C12H12ClNO2S.C12H9N3S/c1-28(2)21-10-4-9-19-18(21)8-5-11-23(19)32(29,30)27-17-7-3-6-16(14-17)24-26-20-12-13-25-15-22(20)31-24;1-14(2)11-7-3-6-10-9(11)5-4-8-12(10)17(13,15)16;13-9-3-1-2-8(6-9)12-15-10-4-5-14-7-11(10)16-12/h3-15,27H,1-2H3;3-8H,1-2H3;1-7H,13H2. The Morgan fingerprint density at radius 3 is 1.52 bits per heavy atom. The van der Waals surface area contributed by atoms with Crippen LogP contribution < -0.4 is 20.3 Å². The Bertz CT molecular complexity index is 3510. The molecule has 0 fully saturated rings. The molecule has 10 rings (SSSR count). The van der Waals surface area contributed by atoms with Crippen molar-refractivity contribution in [2.24, 2.45) is 0 Å². The third kappa shape index (κ3) is 10.0. The summed E-state index contributed by atoms with van der Waals surface area (Å²) in [5.74, 6) is 0. The van der Waals surface area contributed by atoms with Crippen molar-refractivity contribution in [2.45, 2.75) is 9.79 Å². The molecule has 0 radical (unpaired) electrons. The summed E-state index contributed by atoms with van der Waals surface area (Å²) < 4.78 is 54.5. The van der Waals surface area contributed by atoms with Gasteiger partial charge in [-0.2, -0.15) is 0 Å². The van der Waals surface area contributed by atoms with Crippen LogP contribution in [0.2, 0.25) is 0 Å². The van der Waals surface area contributed by atoms with Crippen LogP contribution in [0.5, 0.6) is 0 Å². The van der Waals surface area contributed by atoms with Gasteiger partial charge in [-0.25, -0.2) is 26.8 Å². The fourth-order valence-corrected chi connectivity index (χ4v) is 11.4. The van der Waals surface area contributed by atoms with Crippen LogP contribution in [0.25, 0.3) is 63.1 Å². The smallest absolute Gasteiger partial charge is 0.262 e. The summed E-state index contributed by atoms with van der Waals surface area (Å²) in [7, 11) is 5.62. The van der Waals surface area contributed by atoms with Gasteiger partial charge in [0, 0.05) is 119 Å². The molecule has 0 spiro atoms. The molecule has 3 N–H and O–H groups in total. The van der Waals surface area contributed by atoms with Crippen molar-refractivity contribution in [3.8, 4) is 21.1 Å². The van der Waals surface area contributed by atoms with E-state index in [0.717, 1.165) is 69.4 Å². The first kappa shape index (κ1) is 44.9. The van der Waals surface area contributed by atoms with Crippen LogP contribution in [-0.2, 0) is 19.1 Å². The predicted octanol–water partition coefficient (Wildman–Crippen LogP) is 11.2. The fourth-order valence-electron chi connectivity index (χ4n) is 7.16. The maximum absolute atomic E-state index is 13.3. The molecule has 0 bridgehead atoms. The van der Waals surface area contributed by atoms with E-state index < -0.39 is 19.1 Å². The van der Waals surface area contributed by atoms with Crippen LogP contribution in [0.3, 0.4) is 0 Å². The molecule has 0 aliphatic carbocycles. The molecule has 4 heterocycles. The summed E-state index contributed by atoms with van der Waals surface area (Å²) in [5, 5.41) is 4.89. The van der Waals surface area contributed by atoms with Gasteiger partial charge in [0.25, 0.3) is 19.1 Å². The third-order valence-electron chi connectivity index (χ3n) is 10.1. The van der Waals surface area contributed by atoms with E-state index in [1.54, 1.807) is 66.3 Å². The number of rotatable bonds is 8. The minimum Gasteiger partial charge on any atom is -0.399 e. The molecule has 0 amide bonds. The number of pyridine rings is 2. The normalized spacial score (nSPS) is 11.5. The van der Waals surface area contributed by atoms with E-state index in [4.69, 9.17) is 16.4 Å². The number of nitrogens with zero attached hydrogens (tertiary/aromatic N) is 6. The van der Waals surface area contributed by atoms with Crippen molar-refractivity contribution in [2.75, 3.05) is 48.4 Å². The summed E-state index contributed by atoms with van der Waals surface area (Å²) in [4.78, 5) is 21.7. The number of nitrogens with one attached hydrogen (secondary N) is 1. The second kappa shape index (κ2) is 18.8. The maximum atomic E-state index is 13.3. The largest absolute Gasteiger partial charge is 0.399 e. The van der Waals surface area contributed by atoms with Crippen LogP contribution in [0.1, 0.15) is 0 Å². The van der Waals surface area contributed by atoms with Crippen molar-refractivity contribution in [1.29, 1.82) is 0 Å². The Morgan fingerprint density at radius 2 is 1.02 bits per heavy atom. The van der Waals surface area contributed by atoms with Crippen LogP contribution in [-0.4, -0.2) is 65.0 Å². The van der Waals surface area contributed by atoms with Crippen molar-refractivity contribution < 1.29 is 16.8 Å². The molecule has 0 aliphatic rings. The van der Waals surface area contributed by atoms with Crippen LogP contribution in [0.15, 0.2) is 168 Å². The highest BCUT2D eigenvalue weighted by atomic mass is 35.7. The lowest BCUT2D eigenvalue weighted by atomic mass is 10.1. The highest BCUT2D eigenvalue weighted by molar-refractivity contribution is 8.14. The van der Waals surface area contributed by atoms with Gasteiger partial charge in [0.05, 0.1) is 30.2 Å². The Hall–Kier alpha value is -6.69. The second-order valence-corrected chi connectivity index (χ2v) is 21.3. The highest BCUT2D eigenvalue weighted by Gasteiger charge is 2.20. The molecule has 328 valence electrons. The zero-order valence-corrected chi connectivity index (χ0v) is 39.4. The fraction of sp³-hybridized carbons (Fsp3) is 0.0833. The van der Waals surface area contributed by atoms with E-state index >= 15 is 0 Å². The maximum Gasteiger partial charge on any atom is 0.262 e. The van der Waals surface area contributed by atoms with Gasteiger partial charge < -0.3 is 15.5 Å². The van der Waals surface area contributed by atoms with Crippen LogP contribution in [0.4, 0.5) is 22.7 Å². The molecule has 0 aliphatic heterocycles. The quantitative estimate of drug-likeness (QED) is 0.110. The first-order chi connectivity index (χ1) is 31.2. The highest BCUT2D eigenvalue weighted by Crippen LogP contribution is 2.35. The topological polar surface area (TPSA) is 164 Å². The number of halogens is 1. The minimum atomic E-state index is -3.80. The number of aromatic nitrogens is 4.